The summed E-state index contributed by atoms with van der Waals surface area (Å²) in [5, 5.41) is 0. The Morgan fingerprint density at radius 3 is 1.41 bits per heavy atom. The van der Waals surface area contributed by atoms with Crippen molar-refractivity contribution in [2.75, 3.05) is 26.4 Å². The SMILES string of the molecule is C[Si](C)(CCOCC1CCC(COCC[Si](C)(C)O[Si](C)(C)CCC2CCC3OC3C2)CC1)O[Si](C)(C)CCC1CCC2CC2C1. The standard InChI is InChI=1S/C37H74O5Si4/c1-43(2,21-17-30-13-15-34-27-35(34)25-30)41-45(5,6)23-19-38-28-32-9-11-33(12-10-32)29-39-20-24-46(7,8)42-44(3,4)22-18-31-14-16-36-37(26-31)40-36/h30-37H,9-29H2,1-8H3. The highest BCUT2D eigenvalue weighted by Crippen LogP contribution is 2.52. The van der Waals surface area contributed by atoms with Gasteiger partial charge in [0.1, 0.15) is 0 Å². The lowest BCUT2D eigenvalue weighted by atomic mass is 9.83. The number of hydrogen-bond acceptors (Lipinski definition) is 5. The van der Waals surface area contributed by atoms with Crippen LogP contribution in [0.25, 0.3) is 0 Å². The lowest BCUT2D eigenvalue weighted by molar-refractivity contribution is 0.0561. The van der Waals surface area contributed by atoms with E-state index in [4.69, 9.17) is 22.4 Å². The molecule has 0 N–H and O–H groups in total. The third kappa shape index (κ3) is 13.1. The monoisotopic (exact) mass is 710 g/mol. The molecule has 268 valence electrons. The van der Waals surface area contributed by atoms with Gasteiger partial charge in [-0.05, 0) is 176 Å². The lowest BCUT2D eigenvalue weighted by Crippen LogP contribution is -2.45. The van der Waals surface area contributed by atoms with Crippen molar-refractivity contribution in [2.45, 2.75) is 172 Å². The van der Waals surface area contributed by atoms with Gasteiger partial charge in [0.25, 0.3) is 0 Å². The maximum Gasteiger partial charge on any atom is 0.175 e. The van der Waals surface area contributed by atoms with Crippen LogP contribution in [0.1, 0.15) is 83.5 Å². The molecule has 5 fully saturated rings. The van der Waals surface area contributed by atoms with Crippen LogP contribution < -0.4 is 0 Å². The summed E-state index contributed by atoms with van der Waals surface area (Å²) in [6.45, 7) is 23.2. The quantitative estimate of drug-likeness (QED) is 0.0715. The molecule has 1 heterocycles. The topological polar surface area (TPSA) is 49.5 Å². The van der Waals surface area contributed by atoms with Gasteiger partial charge in [0.05, 0.1) is 12.2 Å². The maximum absolute atomic E-state index is 6.97. The van der Waals surface area contributed by atoms with E-state index >= 15 is 0 Å². The molecule has 5 aliphatic rings. The molecule has 0 amide bonds. The fraction of sp³-hybridized carbons (Fsp3) is 1.00. The number of fused-ring (bicyclic) bond motifs is 2. The van der Waals surface area contributed by atoms with Gasteiger partial charge in [-0.1, -0.05) is 19.3 Å². The molecule has 0 bridgehead atoms. The molecule has 0 spiro atoms. The summed E-state index contributed by atoms with van der Waals surface area (Å²) in [5.74, 6) is 5.53. The highest BCUT2D eigenvalue weighted by Gasteiger charge is 2.45. The molecule has 0 aromatic rings. The smallest absolute Gasteiger partial charge is 0.175 e. The second-order valence-corrected chi connectivity index (χ2v) is 36.9. The second-order valence-electron chi connectivity index (χ2n) is 19.2. The summed E-state index contributed by atoms with van der Waals surface area (Å²) in [6.07, 6.45) is 19.2. The largest absolute Gasteiger partial charge is 0.455 e. The van der Waals surface area contributed by atoms with Gasteiger partial charge in [-0.2, -0.15) is 0 Å². The van der Waals surface area contributed by atoms with Gasteiger partial charge < -0.3 is 22.4 Å². The Hall–Kier alpha value is 0.668. The van der Waals surface area contributed by atoms with Gasteiger partial charge >= 0.3 is 0 Å². The van der Waals surface area contributed by atoms with E-state index in [0.717, 1.165) is 74.0 Å². The van der Waals surface area contributed by atoms with Crippen LogP contribution in [0, 0.1) is 35.5 Å². The number of epoxide rings is 1. The predicted octanol–water partition coefficient (Wildman–Crippen LogP) is 10.5. The van der Waals surface area contributed by atoms with E-state index in [0.29, 0.717) is 12.2 Å². The van der Waals surface area contributed by atoms with Crippen LogP contribution in [-0.2, 0) is 22.4 Å². The van der Waals surface area contributed by atoms with E-state index in [1.165, 1.54) is 95.6 Å². The molecule has 1 saturated heterocycles. The molecule has 5 nitrogen and oxygen atoms in total. The van der Waals surface area contributed by atoms with Gasteiger partial charge in [-0.25, -0.2) is 0 Å². The molecular weight excluding hydrogens is 637 g/mol. The van der Waals surface area contributed by atoms with Crippen molar-refractivity contribution in [1.82, 2.24) is 0 Å². The third-order valence-corrected chi connectivity index (χ3v) is 27.2. The third-order valence-electron chi connectivity index (χ3n) is 12.5. The summed E-state index contributed by atoms with van der Waals surface area (Å²) in [5.41, 5.74) is 0. The first-order valence-electron chi connectivity index (χ1n) is 19.9. The molecule has 9 heteroatoms. The Morgan fingerprint density at radius 1 is 0.457 bits per heavy atom. The van der Waals surface area contributed by atoms with Crippen molar-refractivity contribution < 1.29 is 22.4 Å². The van der Waals surface area contributed by atoms with Gasteiger partial charge in [0, 0.05) is 26.4 Å². The van der Waals surface area contributed by atoms with Crippen LogP contribution in [0.3, 0.4) is 0 Å². The molecule has 46 heavy (non-hydrogen) atoms. The molecule has 6 unspecified atom stereocenters. The average molecular weight is 711 g/mol. The predicted molar refractivity (Wildman–Crippen MR) is 203 cm³/mol. The molecule has 0 radical (unpaired) electrons. The fourth-order valence-electron chi connectivity index (χ4n) is 9.46. The van der Waals surface area contributed by atoms with Crippen LogP contribution in [0.4, 0.5) is 0 Å². The van der Waals surface area contributed by atoms with E-state index in [9.17, 15) is 0 Å². The van der Waals surface area contributed by atoms with Crippen molar-refractivity contribution in [2.24, 2.45) is 35.5 Å². The van der Waals surface area contributed by atoms with Gasteiger partial charge in [-0.15, -0.1) is 0 Å². The molecule has 5 rings (SSSR count). The van der Waals surface area contributed by atoms with Gasteiger partial charge in [-0.3, -0.25) is 0 Å². The molecule has 6 atom stereocenters. The van der Waals surface area contributed by atoms with Crippen molar-refractivity contribution in [3.05, 3.63) is 0 Å². The van der Waals surface area contributed by atoms with Crippen LogP contribution in [-0.4, -0.2) is 71.9 Å². The zero-order valence-electron chi connectivity index (χ0n) is 31.5. The van der Waals surface area contributed by atoms with Crippen molar-refractivity contribution in [3.63, 3.8) is 0 Å². The Kier molecular flexibility index (Phi) is 13.5. The number of rotatable bonds is 20. The zero-order chi connectivity index (χ0) is 33.0. The Morgan fingerprint density at radius 2 is 0.913 bits per heavy atom. The van der Waals surface area contributed by atoms with Crippen molar-refractivity contribution in [3.8, 4) is 0 Å². The van der Waals surface area contributed by atoms with Gasteiger partial charge in [0.15, 0.2) is 33.3 Å². The average Bonchev–Trinajstić information content (AvgIpc) is 3.90. The number of hydrogen-bond donors (Lipinski definition) is 0. The van der Waals surface area contributed by atoms with E-state index in [-0.39, 0.29) is 0 Å². The van der Waals surface area contributed by atoms with E-state index in [1.807, 2.05) is 0 Å². The zero-order valence-corrected chi connectivity index (χ0v) is 35.5. The van der Waals surface area contributed by atoms with Crippen molar-refractivity contribution >= 4 is 33.3 Å². The summed E-state index contributed by atoms with van der Waals surface area (Å²) in [4.78, 5) is 0. The normalized spacial score (nSPS) is 33.4. The minimum absolute atomic E-state index is 0.601. The summed E-state index contributed by atoms with van der Waals surface area (Å²) in [7, 11) is -6.59. The van der Waals surface area contributed by atoms with Crippen LogP contribution >= 0.6 is 0 Å². The molecule has 0 aromatic heterocycles. The van der Waals surface area contributed by atoms with E-state index in [2.05, 4.69) is 52.4 Å². The number of ether oxygens (including phenoxy) is 3. The summed E-state index contributed by atoms with van der Waals surface area (Å²) in [6, 6.07) is 4.91. The summed E-state index contributed by atoms with van der Waals surface area (Å²) >= 11 is 0. The van der Waals surface area contributed by atoms with Crippen LogP contribution in [0.2, 0.25) is 76.6 Å². The summed E-state index contributed by atoms with van der Waals surface area (Å²) < 4.78 is 32.2. The highest BCUT2D eigenvalue weighted by molar-refractivity contribution is 6.85. The molecule has 1 aliphatic heterocycles. The minimum atomic E-state index is -1.70. The maximum atomic E-state index is 6.97. The van der Waals surface area contributed by atoms with Crippen LogP contribution in [0.5, 0.6) is 0 Å². The first kappa shape index (κ1) is 37.9. The first-order valence-corrected chi connectivity index (χ1v) is 32.3. The molecule has 4 aliphatic carbocycles. The molecule has 0 aromatic carbocycles. The van der Waals surface area contributed by atoms with Crippen LogP contribution in [0.15, 0.2) is 0 Å². The van der Waals surface area contributed by atoms with Gasteiger partial charge in [0.2, 0.25) is 0 Å². The molecular formula is C37H74O5Si4. The second kappa shape index (κ2) is 16.3. The highest BCUT2D eigenvalue weighted by atomic mass is 28.4. The van der Waals surface area contributed by atoms with Crippen molar-refractivity contribution in [1.29, 1.82) is 0 Å². The Labute approximate surface area is 288 Å². The minimum Gasteiger partial charge on any atom is -0.455 e. The fourth-order valence-corrected chi connectivity index (χ4v) is 26.5. The van der Waals surface area contributed by atoms with E-state index in [1.54, 1.807) is 0 Å². The van der Waals surface area contributed by atoms with E-state index < -0.39 is 33.3 Å². The Bertz CT molecular complexity index is 863. The Balaban J connectivity index is 0.866. The first-order chi connectivity index (χ1) is 21.7. The molecule has 4 saturated carbocycles. The lowest BCUT2D eigenvalue weighted by Gasteiger charge is -2.35.